The number of rotatable bonds is 12. The molecule has 1 unspecified atom stereocenters. The number of halogens is 1. The highest BCUT2D eigenvalue weighted by Gasteiger charge is 2.23. The first-order valence-electron chi connectivity index (χ1n) is 9.82. The third kappa shape index (κ3) is 7.80. The molecule has 0 spiro atoms. The molecule has 0 bridgehead atoms. The van der Waals surface area contributed by atoms with Crippen molar-refractivity contribution in [2.24, 2.45) is 0 Å². The van der Waals surface area contributed by atoms with E-state index in [2.05, 4.69) is 9.46 Å². The number of sulfonamides is 1. The first-order valence-corrected chi connectivity index (χ1v) is 11.7. The predicted molar refractivity (Wildman–Crippen MR) is 115 cm³/mol. The van der Waals surface area contributed by atoms with Crippen LogP contribution in [0.15, 0.2) is 59.5 Å². The largest absolute Gasteiger partial charge is 0.469 e. The molecule has 1 atom stereocenters. The molecule has 5 nitrogen and oxygen atoms in total. The van der Waals surface area contributed by atoms with Crippen LogP contribution in [-0.2, 0) is 19.6 Å². The van der Waals surface area contributed by atoms with Crippen LogP contribution >= 0.6 is 11.6 Å². The molecule has 0 aromatic heterocycles. The molecule has 2 rings (SSSR count). The van der Waals surface area contributed by atoms with Crippen LogP contribution in [0.3, 0.4) is 0 Å². The van der Waals surface area contributed by atoms with E-state index in [0.717, 1.165) is 37.7 Å². The summed E-state index contributed by atoms with van der Waals surface area (Å²) in [5, 5.41) is 0.206. The summed E-state index contributed by atoms with van der Waals surface area (Å²) in [7, 11) is -2.34. The SMILES string of the molecule is COC(=O)CCCCCCCC(NS(=O)(=O)c1ccccc1Cl)c1ccccc1. The zero-order valence-electron chi connectivity index (χ0n) is 16.6. The number of unbranched alkanes of at least 4 members (excludes halogenated alkanes) is 4. The van der Waals surface area contributed by atoms with Gasteiger partial charge in [-0.15, -0.1) is 0 Å². The number of carbonyl (C=O) groups is 1. The molecule has 158 valence electrons. The Morgan fingerprint density at radius 3 is 2.28 bits per heavy atom. The highest BCUT2D eigenvalue weighted by atomic mass is 35.5. The van der Waals surface area contributed by atoms with E-state index in [4.69, 9.17) is 11.6 Å². The van der Waals surface area contributed by atoms with E-state index >= 15 is 0 Å². The number of benzene rings is 2. The van der Waals surface area contributed by atoms with Crippen LogP contribution < -0.4 is 4.72 Å². The maximum Gasteiger partial charge on any atom is 0.305 e. The highest BCUT2D eigenvalue weighted by molar-refractivity contribution is 7.89. The number of esters is 1. The molecular weight excluding hydrogens is 410 g/mol. The van der Waals surface area contributed by atoms with Crippen LogP contribution in [0.2, 0.25) is 5.02 Å². The molecule has 0 saturated heterocycles. The number of ether oxygens (including phenoxy) is 1. The summed E-state index contributed by atoms with van der Waals surface area (Å²) in [5.74, 6) is -0.178. The van der Waals surface area contributed by atoms with Gasteiger partial charge in [-0.25, -0.2) is 13.1 Å². The summed E-state index contributed by atoms with van der Waals surface area (Å²) in [6, 6.07) is 15.7. The van der Waals surface area contributed by atoms with E-state index in [9.17, 15) is 13.2 Å². The van der Waals surface area contributed by atoms with Gasteiger partial charge >= 0.3 is 5.97 Å². The molecule has 0 saturated carbocycles. The van der Waals surface area contributed by atoms with Crippen LogP contribution in [0.1, 0.15) is 56.6 Å². The lowest BCUT2D eigenvalue weighted by Gasteiger charge is -2.20. The third-order valence-electron chi connectivity index (χ3n) is 4.73. The average molecular weight is 438 g/mol. The van der Waals surface area contributed by atoms with Gasteiger partial charge in [0.15, 0.2) is 0 Å². The molecule has 0 aliphatic rings. The monoisotopic (exact) mass is 437 g/mol. The van der Waals surface area contributed by atoms with Gasteiger partial charge in [0.1, 0.15) is 4.90 Å². The molecule has 0 amide bonds. The van der Waals surface area contributed by atoms with Gasteiger partial charge < -0.3 is 4.74 Å². The van der Waals surface area contributed by atoms with Gasteiger partial charge in [0.25, 0.3) is 0 Å². The number of nitrogens with one attached hydrogen (secondary N) is 1. The number of hydrogen-bond donors (Lipinski definition) is 1. The Labute approximate surface area is 178 Å². The zero-order valence-corrected chi connectivity index (χ0v) is 18.2. The number of methoxy groups -OCH3 is 1. The molecule has 0 radical (unpaired) electrons. The van der Waals surface area contributed by atoms with Crippen molar-refractivity contribution in [2.75, 3.05) is 7.11 Å². The van der Waals surface area contributed by atoms with Crippen LogP contribution in [-0.4, -0.2) is 21.5 Å². The van der Waals surface area contributed by atoms with E-state index in [1.807, 2.05) is 30.3 Å². The molecule has 0 aliphatic heterocycles. The van der Waals surface area contributed by atoms with Gasteiger partial charge in [-0.2, -0.15) is 0 Å². The van der Waals surface area contributed by atoms with Crippen molar-refractivity contribution in [3.8, 4) is 0 Å². The molecule has 0 aliphatic carbocycles. The van der Waals surface area contributed by atoms with E-state index < -0.39 is 10.0 Å². The lowest BCUT2D eigenvalue weighted by molar-refractivity contribution is -0.140. The predicted octanol–water partition coefficient (Wildman–Crippen LogP) is 5.26. The molecule has 2 aromatic carbocycles. The van der Waals surface area contributed by atoms with E-state index in [-0.39, 0.29) is 21.9 Å². The second kappa shape index (κ2) is 12.0. The molecule has 1 N–H and O–H groups in total. The van der Waals surface area contributed by atoms with Crippen LogP contribution in [0.5, 0.6) is 0 Å². The minimum atomic E-state index is -3.74. The Morgan fingerprint density at radius 2 is 1.59 bits per heavy atom. The average Bonchev–Trinajstić information content (AvgIpc) is 2.72. The normalized spacial score (nSPS) is 12.5. The van der Waals surface area contributed by atoms with Crippen LogP contribution in [0.25, 0.3) is 0 Å². The second-order valence-corrected chi connectivity index (χ2v) is 8.99. The molecule has 2 aromatic rings. The fourth-order valence-corrected chi connectivity index (χ4v) is 4.92. The summed E-state index contributed by atoms with van der Waals surface area (Å²) in [6.45, 7) is 0. The Morgan fingerprint density at radius 1 is 0.966 bits per heavy atom. The molecule has 0 fully saturated rings. The van der Waals surface area contributed by atoms with Crippen LogP contribution in [0.4, 0.5) is 0 Å². The first kappa shape index (κ1) is 23.4. The lowest BCUT2D eigenvalue weighted by Crippen LogP contribution is -2.29. The topological polar surface area (TPSA) is 72.5 Å². The van der Waals surface area contributed by atoms with Crippen molar-refractivity contribution >= 4 is 27.6 Å². The van der Waals surface area contributed by atoms with Crippen LogP contribution in [0, 0.1) is 0 Å². The Kier molecular flexibility index (Phi) is 9.64. The summed E-state index contributed by atoms with van der Waals surface area (Å²) in [6.07, 6.45) is 5.74. The highest BCUT2D eigenvalue weighted by Crippen LogP contribution is 2.26. The number of carbonyl (C=O) groups excluding carboxylic acids is 1. The summed E-state index contributed by atoms with van der Waals surface area (Å²) < 4.78 is 33.2. The molecule has 29 heavy (non-hydrogen) atoms. The Hall–Kier alpha value is -1.89. The minimum Gasteiger partial charge on any atom is -0.469 e. The molecule has 7 heteroatoms. The van der Waals surface area contributed by atoms with Crippen molar-refractivity contribution in [2.45, 2.75) is 55.9 Å². The van der Waals surface area contributed by atoms with Crippen molar-refractivity contribution < 1.29 is 17.9 Å². The fourth-order valence-electron chi connectivity index (χ4n) is 3.14. The van der Waals surface area contributed by atoms with Gasteiger partial charge in [-0.1, -0.05) is 79.7 Å². The van der Waals surface area contributed by atoms with Gasteiger partial charge in [0, 0.05) is 12.5 Å². The number of hydrogen-bond acceptors (Lipinski definition) is 4. The fraction of sp³-hybridized carbons (Fsp3) is 0.409. The molecular formula is C22H28ClNO4S. The standard InChI is InChI=1S/C22H28ClNO4S/c1-28-22(25)17-9-4-2-3-8-15-20(18-12-6-5-7-13-18)24-29(26,27)21-16-11-10-14-19(21)23/h5-7,10-14,16,20,24H,2-4,8-9,15,17H2,1H3. The van der Waals surface area contributed by atoms with Crippen molar-refractivity contribution in [1.82, 2.24) is 4.72 Å². The van der Waals surface area contributed by atoms with Gasteiger partial charge in [0.05, 0.1) is 12.1 Å². The maximum atomic E-state index is 12.9. The maximum absolute atomic E-state index is 12.9. The van der Waals surface area contributed by atoms with E-state index in [1.54, 1.807) is 18.2 Å². The Balaban J connectivity index is 1.95. The second-order valence-electron chi connectivity index (χ2n) is 6.90. The zero-order chi connectivity index (χ0) is 21.1. The van der Waals surface area contributed by atoms with E-state index in [0.29, 0.717) is 12.8 Å². The summed E-state index contributed by atoms with van der Waals surface area (Å²) in [4.78, 5) is 11.2. The lowest BCUT2D eigenvalue weighted by atomic mass is 10.0. The quantitative estimate of drug-likeness (QED) is 0.363. The summed E-state index contributed by atoms with van der Waals surface area (Å²) in [5.41, 5.74) is 0.925. The molecule has 0 heterocycles. The van der Waals surface area contributed by atoms with Crippen molar-refractivity contribution in [1.29, 1.82) is 0 Å². The smallest absolute Gasteiger partial charge is 0.305 e. The third-order valence-corrected chi connectivity index (χ3v) is 6.70. The Bertz CT molecular complexity index is 871. The van der Waals surface area contributed by atoms with Gasteiger partial charge in [0.2, 0.25) is 10.0 Å². The summed E-state index contributed by atoms with van der Waals surface area (Å²) >= 11 is 6.09. The minimum absolute atomic E-state index is 0.0883. The van der Waals surface area contributed by atoms with Crippen molar-refractivity contribution in [3.05, 3.63) is 65.2 Å². The van der Waals surface area contributed by atoms with E-state index in [1.165, 1.54) is 13.2 Å². The van der Waals surface area contributed by atoms with Gasteiger partial charge in [-0.05, 0) is 30.5 Å². The first-order chi connectivity index (χ1) is 13.9. The van der Waals surface area contributed by atoms with Crippen molar-refractivity contribution in [3.63, 3.8) is 0 Å². The van der Waals surface area contributed by atoms with Gasteiger partial charge in [-0.3, -0.25) is 4.79 Å².